The van der Waals surface area contributed by atoms with Gasteiger partial charge in [-0.25, -0.2) is 4.98 Å². The zero-order valence-electron chi connectivity index (χ0n) is 10.0. The Morgan fingerprint density at radius 1 is 1.37 bits per heavy atom. The van der Waals surface area contributed by atoms with Crippen LogP contribution in [-0.2, 0) is 11.2 Å². The van der Waals surface area contributed by atoms with Crippen molar-refractivity contribution >= 4 is 17.6 Å². The molecule has 0 saturated heterocycles. The Balaban J connectivity index is 2.01. The van der Waals surface area contributed by atoms with Crippen LogP contribution in [0.15, 0.2) is 46.8 Å². The van der Waals surface area contributed by atoms with E-state index in [4.69, 9.17) is 10.8 Å². The predicted octanol–water partition coefficient (Wildman–Crippen LogP) is 1.78. The smallest absolute Gasteiger partial charge is 0.320 e. The van der Waals surface area contributed by atoms with Crippen LogP contribution in [0.4, 0.5) is 11.6 Å². The van der Waals surface area contributed by atoms with E-state index in [1.54, 1.807) is 0 Å². The molecule has 1 aromatic heterocycles. The van der Waals surface area contributed by atoms with Crippen LogP contribution in [-0.4, -0.2) is 27.1 Å². The fraction of sp³-hybridized carbons (Fsp3) is 0.167. The number of hydrogen-bond donors (Lipinski definition) is 3. The molecule has 0 aliphatic carbocycles. The van der Waals surface area contributed by atoms with Crippen LogP contribution < -0.4 is 5.73 Å². The number of nitrogens with zero attached hydrogens (tertiary/aromatic N) is 3. The van der Waals surface area contributed by atoms with Crippen molar-refractivity contribution in [3.05, 3.63) is 42.2 Å². The Labute approximate surface area is 109 Å². The summed E-state index contributed by atoms with van der Waals surface area (Å²) in [6, 6.07) is 8.26. The van der Waals surface area contributed by atoms with E-state index in [2.05, 4.69) is 20.2 Å². The van der Waals surface area contributed by atoms with Crippen molar-refractivity contribution < 1.29 is 9.90 Å². The molecule has 0 aliphatic rings. The summed E-state index contributed by atoms with van der Waals surface area (Å²) in [4.78, 5) is 17.5. The third kappa shape index (κ3) is 3.71. The van der Waals surface area contributed by atoms with Gasteiger partial charge in [-0.1, -0.05) is 18.2 Å². The van der Waals surface area contributed by atoms with Crippen molar-refractivity contribution in [3.63, 3.8) is 0 Å². The zero-order valence-corrected chi connectivity index (χ0v) is 10.0. The van der Waals surface area contributed by atoms with Crippen molar-refractivity contribution in [2.75, 3.05) is 0 Å². The molecule has 0 radical (unpaired) electrons. The molecule has 7 nitrogen and oxygen atoms in total. The highest BCUT2D eigenvalue weighted by Crippen LogP contribution is 2.15. The van der Waals surface area contributed by atoms with E-state index in [9.17, 15) is 4.79 Å². The van der Waals surface area contributed by atoms with Gasteiger partial charge in [0.25, 0.3) is 0 Å². The molecule has 2 rings (SSSR count). The van der Waals surface area contributed by atoms with E-state index in [0.717, 1.165) is 0 Å². The van der Waals surface area contributed by atoms with Gasteiger partial charge in [0.2, 0.25) is 5.95 Å². The molecule has 1 unspecified atom stereocenters. The normalized spacial score (nSPS) is 12.7. The zero-order chi connectivity index (χ0) is 13.7. The monoisotopic (exact) mass is 259 g/mol. The highest BCUT2D eigenvalue weighted by Gasteiger charge is 2.13. The van der Waals surface area contributed by atoms with Crippen LogP contribution in [0.5, 0.6) is 0 Å². The number of nitrogens with one attached hydrogen (secondary N) is 1. The summed E-state index contributed by atoms with van der Waals surface area (Å²) in [6.07, 6.45) is 1.67. The lowest BCUT2D eigenvalue weighted by molar-refractivity contribution is -0.138. The minimum Gasteiger partial charge on any atom is -0.480 e. The number of carbonyl (C=O) groups is 1. The Hall–Kier alpha value is -2.54. The molecule has 1 atom stereocenters. The number of azo groups is 1. The van der Waals surface area contributed by atoms with Crippen LogP contribution >= 0.6 is 0 Å². The first-order valence-corrected chi connectivity index (χ1v) is 5.64. The third-order valence-corrected chi connectivity index (χ3v) is 2.39. The fourth-order valence-corrected chi connectivity index (χ4v) is 1.43. The van der Waals surface area contributed by atoms with E-state index < -0.39 is 12.0 Å². The van der Waals surface area contributed by atoms with Crippen LogP contribution in [0.25, 0.3) is 0 Å². The molecule has 19 heavy (non-hydrogen) atoms. The molecular weight excluding hydrogens is 246 g/mol. The average molecular weight is 259 g/mol. The molecule has 4 N–H and O–H groups in total. The van der Waals surface area contributed by atoms with Gasteiger partial charge in [-0.15, -0.1) is 10.2 Å². The Morgan fingerprint density at radius 2 is 2.11 bits per heavy atom. The van der Waals surface area contributed by atoms with Gasteiger partial charge in [0.1, 0.15) is 6.04 Å². The molecule has 98 valence electrons. The standard InChI is InChI=1S/C12H13N5O2/c13-10(11(18)19)6-9-7-14-12(15-9)17-16-8-4-2-1-3-5-8/h1-5,7,10H,6,13H2,(H,14,15)(H,18,19). The first-order valence-electron chi connectivity index (χ1n) is 5.64. The minimum atomic E-state index is -1.05. The molecule has 1 aromatic carbocycles. The molecule has 0 bridgehead atoms. The lowest BCUT2D eigenvalue weighted by Crippen LogP contribution is -2.32. The predicted molar refractivity (Wildman–Crippen MR) is 68.5 cm³/mol. The topological polar surface area (TPSA) is 117 Å². The molecule has 2 aromatic rings. The summed E-state index contributed by atoms with van der Waals surface area (Å²) in [6.45, 7) is 0. The van der Waals surface area contributed by atoms with Gasteiger partial charge in [0, 0.05) is 12.1 Å². The summed E-state index contributed by atoms with van der Waals surface area (Å²) in [7, 11) is 0. The van der Waals surface area contributed by atoms with Gasteiger partial charge >= 0.3 is 5.97 Å². The maximum Gasteiger partial charge on any atom is 0.320 e. The first kappa shape index (κ1) is 12.9. The largest absolute Gasteiger partial charge is 0.480 e. The lowest BCUT2D eigenvalue weighted by Gasteiger charge is -2.02. The second-order valence-corrected chi connectivity index (χ2v) is 3.92. The first-order chi connectivity index (χ1) is 9.15. The highest BCUT2D eigenvalue weighted by atomic mass is 16.4. The summed E-state index contributed by atoms with van der Waals surface area (Å²) in [5, 5.41) is 16.6. The van der Waals surface area contributed by atoms with E-state index in [1.807, 2.05) is 30.3 Å². The summed E-state index contributed by atoms with van der Waals surface area (Å²) in [5.74, 6) is -0.737. The Kier molecular flexibility index (Phi) is 3.99. The fourth-order valence-electron chi connectivity index (χ4n) is 1.43. The number of H-pyrrole nitrogens is 1. The van der Waals surface area contributed by atoms with Gasteiger partial charge in [-0.2, -0.15) is 0 Å². The van der Waals surface area contributed by atoms with E-state index >= 15 is 0 Å². The second kappa shape index (κ2) is 5.87. The number of benzene rings is 1. The van der Waals surface area contributed by atoms with E-state index in [0.29, 0.717) is 17.3 Å². The van der Waals surface area contributed by atoms with Gasteiger partial charge in [0.15, 0.2) is 0 Å². The van der Waals surface area contributed by atoms with E-state index in [-0.39, 0.29) is 6.42 Å². The Bertz CT molecular complexity index is 579. The van der Waals surface area contributed by atoms with E-state index in [1.165, 1.54) is 6.20 Å². The number of carboxylic acid groups (broad SMARTS) is 1. The number of hydrogen-bond acceptors (Lipinski definition) is 5. The van der Waals surface area contributed by atoms with Crippen molar-refractivity contribution in [2.45, 2.75) is 12.5 Å². The molecule has 0 spiro atoms. The number of nitrogens with two attached hydrogens (primary N) is 1. The summed E-state index contributed by atoms with van der Waals surface area (Å²) >= 11 is 0. The maximum absolute atomic E-state index is 10.6. The van der Waals surface area contributed by atoms with Crippen LogP contribution in [0.2, 0.25) is 0 Å². The summed E-state index contributed by atoms with van der Waals surface area (Å²) < 4.78 is 0. The van der Waals surface area contributed by atoms with Gasteiger partial charge in [0.05, 0.1) is 11.9 Å². The second-order valence-electron chi connectivity index (χ2n) is 3.92. The van der Waals surface area contributed by atoms with Crippen molar-refractivity contribution in [3.8, 4) is 0 Å². The van der Waals surface area contributed by atoms with Crippen molar-refractivity contribution in [1.29, 1.82) is 0 Å². The van der Waals surface area contributed by atoms with Crippen LogP contribution in [0.3, 0.4) is 0 Å². The minimum absolute atomic E-state index is 0.170. The SMILES string of the molecule is NC(Cc1cnc(N=Nc2ccccc2)[nH]1)C(=O)O. The lowest BCUT2D eigenvalue weighted by atomic mass is 10.2. The number of aromatic nitrogens is 2. The van der Waals surface area contributed by atoms with Gasteiger partial charge in [-0.3, -0.25) is 4.79 Å². The molecule has 0 fully saturated rings. The van der Waals surface area contributed by atoms with Crippen molar-refractivity contribution in [2.24, 2.45) is 16.0 Å². The quantitative estimate of drug-likeness (QED) is 0.709. The molecular formula is C12H13N5O2. The molecule has 0 amide bonds. The number of imidazole rings is 1. The third-order valence-electron chi connectivity index (χ3n) is 2.39. The average Bonchev–Trinajstić information content (AvgIpc) is 2.85. The molecule has 0 saturated carbocycles. The summed E-state index contributed by atoms with van der Waals surface area (Å²) in [5.41, 5.74) is 6.74. The number of aromatic amines is 1. The number of aliphatic carboxylic acids is 1. The molecule has 1 heterocycles. The van der Waals surface area contributed by atoms with Gasteiger partial charge < -0.3 is 15.8 Å². The highest BCUT2D eigenvalue weighted by molar-refractivity contribution is 5.73. The number of carboxylic acids is 1. The number of rotatable bonds is 5. The van der Waals surface area contributed by atoms with Crippen LogP contribution in [0, 0.1) is 0 Å². The van der Waals surface area contributed by atoms with Crippen molar-refractivity contribution in [1.82, 2.24) is 9.97 Å². The molecule has 7 heteroatoms. The van der Waals surface area contributed by atoms with Crippen LogP contribution in [0.1, 0.15) is 5.69 Å². The Morgan fingerprint density at radius 3 is 2.79 bits per heavy atom. The van der Waals surface area contributed by atoms with Gasteiger partial charge in [-0.05, 0) is 12.1 Å². The maximum atomic E-state index is 10.6. The molecule has 0 aliphatic heterocycles.